The highest BCUT2D eigenvalue weighted by Gasteiger charge is 2.28. The summed E-state index contributed by atoms with van der Waals surface area (Å²) in [5, 5.41) is 2.99. The molecule has 1 aromatic carbocycles. The van der Waals surface area contributed by atoms with Gasteiger partial charge >= 0.3 is 6.18 Å². The SMILES string of the molecule is CN=C(NCCN(C)CC(F)(F)F)N(C)Cc1ccc(OC)c(F)c1.I. The van der Waals surface area contributed by atoms with Crippen molar-refractivity contribution in [1.29, 1.82) is 0 Å². The molecule has 0 aliphatic heterocycles. The lowest BCUT2D eigenvalue weighted by Crippen LogP contribution is -2.43. The van der Waals surface area contributed by atoms with Crippen LogP contribution in [0, 0.1) is 5.82 Å². The van der Waals surface area contributed by atoms with Crippen LogP contribution in [0.4, 0.5) is 17.6 Å². The van der Waals surface area contributed by atoms with Gasteiger partial charge in [-0.05, 0) is 24.7 Å². The number of rotatable bonds is 7. The van der Waals surface area contributed by atoms with Gasteiger partial charge in [0.05, 0.1) is 13.7 Å². The van der Waals surface area contributed by atoms with Crippen molar-refractivity contribution < 1.29 is 22.3 Å². The van der Waals surface area contributed by atoms with Gasteiger partial charge in [0.15, 0.2) is 17.5 Å². The molecule has 0 spiro atoms. The first-order valence-corrected chi connectivity index (χ1v) is 7.65. The van der Waals surface area contributed by atoms with Gasteiger partial charge in [-0.25, -0.2) is 4.39 Å². The molecule has 0 aromatic heterocycles. The van der Waals surface area contributed by atoms with E-state index in [0.29, 0.717) is 19.0 Å². The molecule has 0 bridgehead atoms. The maximum Gasteiger partial charge on any atom is 0.401 e. The van der Waals surface area contributed by atoms with Crippen LogP contribution in [0.15, 0.2) is 23.2 Å². The summed E-state index contributed by atoms with van der Waals surface area (Å²) in [5.41, 5.74) is 0.720. The topological polar surface area (TPSA) is 40.1 Å². The number of likely N-dealkylation sites (N-methyl/N-ethyl adjacent to an activating group) is 1. The molecule has 0 fully saturated rings. The number of nitrogens with zero attached hydrogens (tertiary/aromatic N) is 3. The van der Waals surface area contributed by atoms with Gasteiger partial charge in [-0.2, -0.15) is 13.2 Å². The van der Waals surface area contributed by atoms with Crippen LogP contribution in [0.5, 0.6) is 5.75 Å². The smallest absolute Gasteiger partial charge is 0.401 e. The lowest BCUT2D eigenvalue weighted by Gasteiger charge is -2.24. The second kappa shape index (κ2) is 11.4. The predicted octanol–water partition coefficient (Wildman–Crippen LogP) is 2.95. The maximum atomic E-state index is 13.7. The lowest BCUT2D eigenvalue weighted by molar-refractivity contribution is -0.142. The molecular formula is C16H25F4IN4O. The largest absolute Gasteiger partial charge is 0.494 e. The Bertz CT molecular complexity index is 584. The van der Waals surface area contributed by atoms with Crippen LogP contribution < -0.4 is 10.1 Å². The van der Waals surface area contributed by atoms with E-state index >= 15 is 0 Å². The summed E-state index contributed by atoms with van der Waals surface area (Å²) >= 11 is 0. The Morgan fingerprint density at radius 1 is 1.27 bits per heavy atom. The monoisotopic (exact) mass is 492 g/mol. The summed E-state index contributed by atoms with van der Waals surface area (Å²) in [7, 11) is 6.14. The summed E-state index contributed by atoms with van der Waals surface area (Å²) in [6.07, 6.45) is -4.22. The standard InChI is InChI=1S/C16H24F4N4O.HI/c1-21-15(22-7-8-23(2)11-16(18,19)20)24(3)10-12-5-6-14(25-4)13(17)9-12;/h5-6,9H,7-8,10-11H2,1-4H3,(H,21,22);1H. The molecule has 0 aliphatic carbocycles. The summed E-state index contributed by atoms with van der Waals surface area (Å²) in [5.74, 6) is 0.225. The zero-order valence-electron chi connectivity index (χ0n) is 15.2. The van der Waals surface area contributed by atoms with Gasteiger partial charge in [0.2, 0.25) is 0 Å². The third-order valence-electron chi connectivity index (χ3n) is 3.44. The number of methoxy groups -OCH3 is 1. The van der Waals surface area contributed by atoms with E-state index in [1.54, 1.807) is 31.1 Å². The Balaban J connectivity index is 0.00000625. The molecule has 0 unspecified atom stereocenters. The van der Waals surface area contributed by atoms with E-state index in [0.717, 1.165) is 5.56 Å². The highest BCUT2D eigenvalue weighted by molar-refractivity contribution is 14.0. The molecule has 1 N–H and O–H groups in total. The highest BCUT2D eigenvalue weighted by atomic mass is 127. The van der Waals surface area contributed by atoms with Gasteiger partial charge in [-0.3, -0.25) is 9.89 Å². The van der Waals surface area contributed by atoms with E-state index in [4.69, 9.17) is 4.74 Å². The van der Waals surface area contributed by atoms with Crippen LogP contribution in [-0.2, 0) is 6.54 Å². The number of nitrogens with one attached hydrogen (secondary N) is 1. The van der Waals surface area contributed by atoms with Crippen molar-refractivity contribution >= 4 is 29.9 Å². The molecule has 26 heavy (non-hydrogen) atoms. The minimum Gasteiger partial charge on any atom is -0.494 e. The average molecular weight is 492 g/mol. The summed E-state index contributed by atoms with van der Waals surface area (Å²) in [4.78, 5) is 7.02. The van der Waals surface area contributed by atoms with Crippen molar-refractivity contribution in [2.45, 2.75) is 12.7 Å². The van der Waals surface area contributed by atoms with Gasteiger partial charge in [0, 0.05) is 33.7 Å². The second-order valence-corrected chi connectivity index (χ2v) is 5.65. The number of aliphatic imine (C=N–C) groups is 1. The average Bonchev–Trinajstić information content (AvgIpc) is 2.50. The minimum atomic E-state index is -4.22. The van der Waals surface area contributed by atoms with Crippen molar-refractivity contribution in [3.05, 3.63) is 29.6 Å². The van der Waals surface area contributed by atoms with Crippen molar-refractivity contribution in [2.24, 2.45) is 4.99 Å². The first kappa shape index (κ1) is 24.7. The van der Waals surface area contributed by atoms with Crippen LogP contribution in [0.2, 0.25) is 0 Å². The lowest BCUT2D eigenvalue weighted by atomic mass is 10.2. The van der Waals surface area contributed by atoms with Crippen LogP contribution in [0.1, 0.15) is 5.56 Å². The number of alkyl halides is 3. The third-order valence-corrected chi connectivity index (χ3v) is 3.44. The third kappa shape index (κ3) is 8.88. The number of benzene rings is 1. The van der Waals surface area contributed by atoms with E-state index in [-0.39, 0.29) is 36.3 Å². The van der Waals surface area contributed by atoms with E-state index < -0.39 is 18.5 Å². The van der Waals surface area contributed by atoms with E-state index in [1.807, 2.05) is 0 Å². The van der Waals surface area contributed by atoms with Crippen molar-refractivity contribution in [2.75, 3.05) is 47.9 Å². The fourth-order valence-electron chi connectivity index (χ4n) is 2.29. The Morgan fingerprint density at radius 3 is 2.42 bits per heavy atom. The summed E-state index contributed by atoms with van der Waals surface area (Å²) < 4.78 is 55.4. The van der Waals surface area contributed by atoms with Crippen molar-refractivity contribution in [3.8, 4) is 5.75 Å². The molecular weight excluding hydrogens is 467 g/mol. The molecule has 1 aromatic rings. The highest BCUT2D eigenvalue weighted by Crippen LogP contribution is 2.18. The molecule has 0 radical (unpaired) electrons. The maximum absolute atomic E-state index is 13.7. The van der Waals surface area contributed by atoms with E-state index in [9.17, 15) is 17.6 Å². The molecule has 0 aliphatic rings. The molecule has 0 amide bonds. The molecule has 150 valence electrons. The van der Waals surface area contributed by atoms with Gasteiger partial charge in [-0.15, -0.1) is 24.0 Å². The first-order valence-electron chi connectivity index (χ1n) is 7.65. The number of guanidine groups is 1. The number of hydrogen-bond acceptors (Lipinski definition) is 3. The Labute approximate surface area is 168 Å². The van der Waals surface area contributed by atoms with E-state index in [1.165, 1.54) is 25.1 Å². The van der Waals surface area contributed by atoms with Gasteiger partial charge in [0.1, 0.15) is 0 Å². The van der Waals surface area contributed by atoms with Crippen LogP contribution >= 0.6 is 24.0 Å². The Morgan fingerprint density at radius 2 is 1.92 bits per heavy atom. The summed E-state index contributed by atoms with van der Waals surface area (Å²) in [6.45, 7) is -0.0582. The summed E-state index contributed by atoms with van der Waals surface area (Å²) in [6, 6.07) is 4.66. The molecule has 0 saturated carbocycles. The van der Waals surface area contributed by atoms with Gasteiger partial charge in [0.25, 0.3) is 0 Å². The van der Waals surface area contributed by atoms with Crippen molar-refractivity contribution in [1.82, 2.24) is 15.1 Å². The Hall–Kier alpha value is -1.30. The minimum absolute atomic E-state index is 0. The number of halogens is 5. The van der Waals surface area contributed by atoms with Crippen LogP contribution in [-0.4, -0.2) is 69.8 Å². The fourth-order valence-corrected chi connectivity index (χ4v) is 2.29. The number of hydrogen-bond donors (Lipinski definition) is 1. The van der Waals surface area contributed by atoms with E-state index in [2.05, 4.69) is 10.3 Å². The quantitative estimate of drug-likeness (QED) is 0.275. The molecule has 0 atom stereocenters. The van der Waals surface area contributed by atoms with Gasteiger partial charge in [-0.1, -0.05) is 6.07 Å². The normalized spacial score (nSPS) is 12.0. The molecule has 0 heterocycles. The van der Waals surface area contributed by atoms with Gasteiger partial charge < -0.3 is 15.0 Å². The predicted molar refractivity (Wildman–Crippen MR) is 105 cm³/mol. The Kier molecular flexibility index (Phi) is 10.8. The zero-order valence-corrected chi connectivity index (χ0v) is 17.6. The molecule has 1 rings (SSSR count). The van der Waals surface area contributed by atoms with Crippen LogP contribution in [0.25, 0.3) is 0 Å². The number of ether oxygens (including phenoxy) is 1. The first-order chi connectivity index (χ1) is 11.7. The van der Waals surface area contributed by atoms with Crippen molar-refractivity contribution in [3.63, 3.8) is 0 Å². The fraction of sp³-hybridized carbons (Fsp3) is 0.562. The van der Waals surface area contributed by atoms with Crippen LogP contribution in [0.3, 0.4) is 0 Å². The molecule has 5 nitrogen and oxygen atoms in total. The molecule has 0 saturated heterocycles. The zero-order chi connectivity index (χ0) is 19.0. The molecule has 10 heteroatoms. The second-order valence-electron chi connectivity index (χ2n) is 5.65.